The van der Waals surface area contributed by atoms with Gasteiger partial charge < -0.3 is 24.9 Å². The van der Waals surface area contributed by atoms with Crippen LogP contribution in [0.5, 0.6) is 0 Å². The molecule has 1 atom stereocenters. The number of hydrogen-bond donors (Lipinski definition) is 1. The van der Waals surface area contributed by atoms with E-state index in [4.69, 9.17) is 11.6 Å². The number of halogens is 1. The quantitative estimate of drug-likeness (QED) is 0.486. The van der Waals surface area contributed by atoms with Crippen molar-refractivity contribution in [2.45, 2.75) is 64.1 Å². The Morgan fingerprint density at radius 1 is 0.889 bits per heavy atom. The van der Waals surface area contributed by atoms with Crippen LogP contribution in [-0.4, -0.2) is 114 Å². The summed E-state index contributed by atoms with van der Waals surface area (Å²) in [5.74, 6) is -0.301. The highest BCUT2D eigenvalue weighted by molar-refractivity contribution is 6.31. The smallest absolute Gasteiger partial charge is 0.322 e. The first-order chi connectivity index (χ1) is 21.7. The van der Waals surface area contributed by atoms with E-state index in [9.17, 15) is 14.4 Å². The molecule has 0 spiro atoms. The number of carbonyl (C=O) groups is 3. The van der Waals surface area contributed by atoms with Gasteiger partial charge in [0.2, 0.25) is 11.8 Å². The zero-order chi connectivity index (χ0) is 31.5. The molecule has 4 heterocycles. The molecule has 6 rings (SSSR count). The molecule has 0 radical (unpaired) electrons. The van der Waals surface area contributed by atoms with Crippen LogP contribution in [0.25, 0.3) is 0 Å². The van der Waals surface area contributed by atoms with Gasteiger partial charge in [-0.05, 0) is 74.9 Å². The summed E-state index contributed by atoms with van der Waals surface area (Å²) in [6.07, 6.45) is 4.15. The van der Waals surface area contributed by atoms with Gasteiger partial charge in [-0.15, -0.1) is 0 Å². The number of likely N-dealkylation sites (N-methyl/N-ethyl adjacent to an activating group) is 1. The maximum absolute atomic E-state index is 14.1. The van der Waals surface area contributed by atoms with E-state index in [0.29, 0.717) is 37.1 Å². The number of carbonyl (C=O) groups excluding carboxylic acids is 3. The summed E-state index contributed by atoms with van der Waals surface area (Å²) in [5.41, 5.74) is 4.00. The molecule has 242 valence electrons. The molecule has 1 unspecified atom stereocenters. The predicted octanol–water partition coefficient (Wildman–Crippen LogP) is 4.47. The highest BCUT2D eigenvalue weighted by Gasteiger charge is 2.36. The summed E-state index contributed by atoms with van der Waals surface area (Å²) in [6.45, 7) is 9.60. The number of piperazine rings is 1. The van der Waals surface area contributed by atoms with Crippen molar-refractivity contribution in [1.82, 2.24) is 24.5 Å². The molecule has 4 aliphatic rings. The molecule has 0 aliphatic carbocycles. The van der Waals surface area contributed by atoms with Crippen LogP contribution in [0.1, 0.15) is 48.8 Å². The average Bonchev–Trinajstić information content (AvgIpc) is 3.06. The Morgan fingerprint density at radius 2 is 1.56 bits per heavy atom. The number of amides is 4. The summed E-state index contributed by atoms with van der Waals surface area (Å²) in [4.78, 5) is 51.4. The third kappa shape index (κ3) is 7.47. The second-order valence-electron chi connectivity index (χ2n) is 13.4. The highest BCUT2D eigenvalue weighted by Crippen LogP contribution is 2.29. The van der Waals surface area contributed by atoms with Gasteiger partial charge in [-0.3, -0.25) is 14.5 Å². The predicted molar refractivity (Wildman–Crippen MR) is 177 cm³/mol. The van der Waals surface area contributed by atoms with Gasteiger partial charge >= 0.3 is 6.03 Å². The number of nitrogens with zero attached hydrogens (tertiary/aromatic N) is 5. The van der Waals surface area contributed by atoms with E-state index < -0.39 is 5.92 Å². The average molecular weight is 635 g/mol. The maximum Gasteiger partial charge on any atom is 0.322 e. The Hall–Kier alpha value is -3.14. The van der Waals surface area contributed by atoms with Crippen molar-refractivity contribution in [3.8, 4) is 0 Å². The Bertz CT molecular complexity index is 1380. The first-order valence-corrected chi connectivity index (χ1v) is 17.0. The number of likely N-dealkylation sites (tertiary alicyclic amines) is 2. The monoisotopic (exact) mass is 634 g/mol. The van der Waals surface area contributed by atoms with E-state index in [1.165, 1.54) is 0 Å². The first kappa shape index (κ1) is 31.8. The molecule has 0 bridgehead atoms. The number of para-hydroxylation sites is 1. The molecule has 4 aliphatic heterocycles. The van der Waals surface area contributed by atoms with Gasteiger partial charge in [0.15, 0.2) is 0 Å². The summed E-state index contributed by atoms with van der Waals surface area (Å²) < 4.78 is 0. The van der Waals surface area contributed by atoms with Crippen LogP contribution in [0.3, 0.4) is 0 Å². The number of anilines is 1. The van der Waals surface area contributed by atoms with Gasteiger partial charge in [0.1, 0.15) is 0 Å². The number of urea groups is 1. The number of piperidine rings is 2. The minimum absolute atomic E-state index is 0.0262. The van der Waals surface area contributed by atoms with E-state index in [0.717, 1.165) is 87.3 Å². The molecule has 0 saturated carbocycles. The van der Waals surface area contributed by atoms with Crippen LogP contribution in [-0.2, 0) is 22.6 Å². The van der Waals surface area contributed by atoms with E-state index in [1.54, 1.807) is 0 Å². The van der Waals surface area contributed by atoms with Crippen molar-refractivity contribution in [3.05, 3.63) is 64.2 Å². The Kier molecular flexibility index (Phi) is 9.97. The minimum Gasteiger partial charge on any atom is -0.343 e. The fourth-order valence-corrected chi connectivity index (χ4v) is 7.66. The van der Waals surface area contributed by atoms with E-state index in [-0.39, 0.29) is 30.3 Å². The van der Waals surface area contributed by atoms with Gasteiger partial charge in [-0.25, -0.2) is 4.79 Å². The zero-order valence-corrected chi connectivity index (χ0v) is 27.5. The molecular weight excluding hydrogens is 588 g/mol. The number of rotatable bonds is 7. The van der Waals surface area contributed by atoms with E-state index in [1.807, 2.05) is 58.0 Å². The Balaban J connectivity index is 1.07. The lowest BCUT2D eigenvalue weighted by molar-refractivity contribution is -0.143. The van der Waals surface area contributed by atoms with Crippen molar-refractivity contribution in [2.24, 2.45) is 5.92 Å². The third-order valence-electron chi connectivity index (χ3n) is 10.4. The molecule has 2 aromatic carbocycles. The Labute approximate surface area is 272 Å². The summed E-state index contributed by atoms with van der Waals surface area (Å²) in [7, 11) is 2.18. The van der Waals surface area contributed by atoms with Crippen LogP contribution in [0.4, 0.5) is 10.5 Å². The van der Waals surface area contributed by atoms with E-state index >= 15 is 0 Å². The van der Waals surface area contributed by atoms with Crippen LogP contribution in [0, 0.1) is 12.8 Å². The summed E-state index contributed by atoms with van der Waals surface area (Å²) in [6, 6.07) is 14.4. The minimum atomic E-state index is -0.416. The lowest BCUT2D eigenvalue weighted by Crippen LogP contribution is -2.54. The second-order valence-corrected chi connectivity index (χ2v) is 13.8. The number of hydrogen-bond acceptors (Lipinski definition) is 5. The molecule has 4 amide bonds. The molecular formula is C35H47ClN6O3. The molecule has 45 heavy (non-hydrogen) atoms. The number of aryl methyl sites for hydroxylation is 1. The van der Waals surface area contributed by atoms with Gasteiger partial charge in [0, 0.05) is 88.1 Å². The van der Waals surface area contributed by atoms with E-state index in [2.05, 4.69) is 28.2 Å². The van der Waals surface area contributed by atoms with Crippen LogP contribution in [0.2, 0.25) is 5.02 Å². The number of nitrogens with one attached hydrogen (secondary N) is 1. The number of benzene rings is 2. The molecule has 3 saturated heterocycles. The Morgan fingerprint density at radius 3 is 2.27 bits per heavy atom. The van der Waals surface area contributed by atoms with Crippen molar-refractivity contribution in [1.29, 1.82) is 0 Å². The molecule has 9 nitrogen and oxygen atoms in total. The molecule has 10 heteroatoms. The highest BCUT2D eigenvalue weighted by atomic mass is 35.5. The number of fused-ring (bicyclic) bond motifs is 1. The topological polar surface area (TPSA) is 79.4 Å². The van der Waals surface area contributed by atoms with Crippen molar-refractivity contribution in [2.75, 3.05) is 64.7 Å². The lowest BCUT2D eigenvalue weighted by atomic mass is 9.91. The van der Waals surface area contributed by atoms with Crippen LogP contribution < -0.4 is 5.32 Å². The zero-order valence-electron chi connectivity index (χ0n) is 26.7. The summed E-state index contributed by atoms with van der Waals surface area (Å²) in [5, 5.41) is 3.72. The van der Waals surface area contributed by atoms with Gasteiger partial charge in [0.05, 0.1) is 5.92 Å². The van der Waals surface area contributed by atoms with Gasteiger partial charge in [-0.1, -0.05) is 41.9 Å². The SMILES string of the molecule is Cc1cc(CC(CC(=O)N2CCC(N3Cc4ccccc4NC3=O)CC2)C(=O)N2CCC(N3CCN(C)CC3)CC2)ccc1Cl. The van der Waals surface area contributed by atoms with Gasteiger partial charge in [-0.2, -0.15) is 0 Å². The van der Waals surface area contributed by atoms with Crippen LogP contribution in [0.15, 0.2) is 42.5 Å². The summed E-state index contributed by atoms with van der Waals surface area (Å²) >= 11 is 6.30. The third-order valence-corrected chi connectivity index (χ3v) is 10.8. The van der Waals surface area contributed by atoms with Crippen LogP contribution >= 0.6 is 11.6 Å². The second kappa shape index (κ2) is 14.1. The normalized spacial score (nSPS) is 21.4. The van der Waals surface area contributed by atoms with Crippen molar-refractivity contribution in [3.63, 3.8) is 0 Å². The molecule has 3 fully saturated rings. The molecule has 1 N–H and O–H groups in total. The first-order valence-electron chi connectivity index (χ1n) is 16.6. The molecule has 0 aromatic heterocycles. The standard InChI is InChI=1S/C35H47ClN6O3/c1-25-21-26(7-8-31(25)36)22-28(34(44)41-15-9-29(10-16-41)39-19-17-38(2)18-20-39)23-33(43)40-13-11-30(12-14-40)42-24-27-5-3-4-6-32(27)37-35(42)45/h3-8,21,28-30H,9-20,22-24H2,1-2H3,(H,37,45). The fourth-order valence-electron chi connectivity index (χ4n) is 7.55. The maximum atomic E-state index is 14.1. The van der Waals surface area contributed by atoms with Crippen molar-refractivity contribution < 1.29 is 14.4 Å². The largest absolute Gasteiger partial charge is 0.343 e. The van der Waals surface area contributed by atoms with Gasteiger partial charge in [0.25, 0.3) is 0 Å². The lowest BCUT2D eigenvalue weighted by Gasteiger charge is -2.43. The van der Waals surface area contributed by atoms with Crippen molar-refractivity contribution >= 4 is 35.1 Å². The fraction of sp³-hybridized carbons (Fsp3) is 0.571. The molecule has 2 aromatic rings.